The average molecular weight is 326 g/mol. The number of nitrogens with one attached hydrogen (secondary N) is 1. The Morgan fingerprint density at radius 1 is 1.29 bits per heavy atom. The predicted molar refractivity (Wildman–Crippen MR) is 90.3 cm³/mol. The zero-order valence-corrected chi connectivity index (χ0v) is 14.0. The second-order valence-electron chi connectivity index (χ2n) is 6.30. The third kappa shape index (κ3) is 3.48. The molecular weight excluding hydrogens is 304 g/mol. The molecular formula is C18H22N4O2. The van der Waals surface area contributed by atoms with E-state index < -0.39 is 0 Å². The number of carbonyl (C=O) groups excluding carboxylic acids is 2. The summed E-state index contributed by atoms with van der Waals surface area (Å²) in [5, 5.41) is 2.67. The number of amides is 2. The number of aromatic nitrogens is 2. The van der Waals surface area contributed by atoms with Crippen LogP contribution < -0.4 is 5.32 Å². The van der Waals surface area contributed by atoms with E-state index in [0.717, 1.165) is 17.8 Å². The Bertz CT molecular complexity index is 736. The van der Waals surface area contributed by atoms with E-state index in [0.29, 0.717) is 25.2 Å². The van der Waals surface area contributed by atoms with Crippen LogP contribution in [0.3, 0.4) is 0 Å². The van der Waals surface area contributed by atoms with Crippen molar-refractivity contribution in [1.29, 1.82) is 0 Å². The van der Waals surface area contributed by atoms with Gasteiger partial charge >= 0.3 is 0 Å². The van der Waals surface area contributed by atoms with E-state index in [2.05, 4.69) is 14.9 Å². The lowest BCUT2D eigenvalue weighted by Crippen LogP contribution is -2.36. The maximum Gasteiger partial charge on any atom is 0.272 e. The first-order chi connectivity index (χ1) is 11.6. The van der Waals surface area contributed by atoms with Crippen LogP contribution in [0.4, 0.5) is 0 Å². The molecule has 0 bridgehead atoms. The van der Waals surface area contributed by atoms with E-state index in [-0.39, 0.29) is 17.7 Å². The Hall–Kier alpha value is -2.63. The molecule has 0 aromatic carbocycles. The summed E-state index contributed by atoms with van der Waals surface area (Å²) < 4.78 is 2.13. The first kappa shape index (κ1) is 16.2. The highest BCUT2D eigenvalue weighted by atomic mass is 16.2. The molecule has 0 radical (unpaired) electrons. The van der Waals surface area contributed by atoms with Crippen molar-refractivity contribution in [3.8, 4) is 0 Å². The number of aryl methyl sites for hydroxylation is 1. The van der Waals surface area contributed by atoms with Gasteiger partial charge in [0.1, 0.15) is 5.69 Å². The van der Waals surface area contributed by atoms with Crippen LogP contribution in [-0.4, -0.2) is 39.9 Å². The summed E-state index contributed by atoms with van der Waals surface area (Å²) in [4.78, 5) is 30.7. The van der Waals surface area contributed by atoms with E-state index >= 15 is 0 Å². The van der Waals surface area contributed by atoms with Crippen LogP contribution in [0.5, 0.6) is 0 Å². The van der Waals surface area contributed by atoms with Gasteiger partial charge in [0, 0.05) is 50.6 Å². The monoisotopic (exact) mass is 326 g/mol. The molecule has 6 nitrogen and oxygen atoms in total. The van der Waals surface area contributed by atoms with Crippen molar-refractivity contribution in [3.05, 3.63) is 53.6 Å². The largest absolute Gasteiger partial charge is 0.359 e. The molecule has 0 unspecified atom stereocenters. The summed E-state index contributed by atoms with van der Waals surface area (Å²) in [6.45, 7) is 3.76. The quantitative estimate of drug-likeness (QED) is 0.931. The lowest BCUT2D eigenvalue weighted by molar-refractivity contribution is -0.121. The minimum Gasteiger partial charge on any atom is -0.359 e. The Balaban J connectivity index is 1.84. The number of nitrogens with zero attached hydrogens (tertiary/aromatic N) is 3. The van der Waals surface area contributed by atoms with Crippen LogP contribution in [0.15, 0.2) is 36.7 Å². The summed E-state index contributed by atoms with van der Waals surface area (Å²) in [7, 11) is 1.64. The number of rotatable bonds is 3. The van der Waals surface area contributed by atoms with Gasteiger partial charge in [-0.25, -0.2) is 0 Å². The van der Waals surface area contributed by atoms with Gasteiger partial charge in [-0.05, 0) is 30.7 Å². The fourth-order valence-electron chi connectivity index (χ4n) is 3.08. The summed E-state index contributed by atoms with van der Waals surface area (Å²) in [6, 6.07) is 7.65. The third-order valence-corrected chi connectivity index (χ3v) is 4.38. The average Bonchev–Trinajstić information content (AvgIpc) is 2.93. The molecule has 2 aromatic rings. The molecule has 0 spiro atoms. The van der Waals surface area contributed by atoms with Gasteiger partial charge in [0.2, 0.25) is 5.91 Å². The fraction of sp³-hybridized carbons (Fsp3) is 0.389. The Morgan fingerprint density at radius 2 is 2.12 bits per heavy atom. The lowest BCUT2D eigenvalue weighted by Gasteiger charge is -2.23. The van der Waals surface area contributed by atoms with Gasteiger partial charge in [-0.1, -0.05) is 6.07 Å². The summed E-state index contributed by atoms with van der Waals surface area (Å²) >= 11 is 0. The molecule has 1 atom stereocenters. The molecule has 6 heteroatoms. The van der Waals surface area contributed by atoms with Gasteiger partial charge in [0.15, 0.2) is 0 Å². The van der Waals surface area contributed by atoms with Crippen molar-refractivity contribution in [3.63, 3.8) is 0 Å². The van der Waals surface area contributed by atoms with Crippen molar-refractivity contribution in [2.24, 2.45) is 5.92 Å². The maximum absolute atomic E-state index is 12.8. The fourth-order valence-corrected chi connectivity index (χ4v) is 3.08. The molecule has 0 saturated heterocycles. The number of hydrogen-bond acceptors (Lipinski definition) is 3. The SMILES string of the molecule is CNC(=O)C[C@H]1CN(C(=O)c2ccc(C)cn2)Cc2cccn2C1. The number of fused-ring (bicyclic) bond motifs is 1. The first-order valence-corrected chi connectivity index (χ1v) is 8.13. The Kier molecular flexibility index (Phi) is 4.64. The second kappa shape index (κ2) is 6.86. The number of hydrogen-bond donors (Lipinski definition) is 1. The van der Waals surface area contributed by atoms with Crippen LogP contribution in [0.1, 0.15) is 28.2 Å². The number of pyridine rings is 1. The molecule has 3 heterocycles. The molecule has 0 fully saturated rings. The maximum atomic E-state index is 12.8. The van der Waals surface area contributed by atoms with Crippen LogP contribution in [-0.2, 0) is 17.9 Å². The minimum atomic E-state index is -0.0912. The van der Waals surface area contributed by atoms with Crippen LogP contribution >= 0.6 is 0 Å². The lowest BCUT2D eigenvalue weighted by atomic mass is 10.0. The van der Waals surface area contributed by atoms with Crippen molar-refractivity contribution in [2.75, 3.05) is 13.6 Å². The van der Waals surface area contributed by atoms with E-state index in [4.69, 9.17) is 0 Å². The molecule has 126 valence electrons. The molecule has 1 N–H and O–H groups in total. The summed E-state index contributed by atoms with van der Waals surface area (Å²) in [6.07, 6.45) is 4.11. The van der Waals surface area contributed by atoms with E-state index in [1.54, 1.807) is 24.2 Å². The predicted octanol–water partition coefficient (Wildman–Crippen LogP) is 1.60. The molecule has 3 rings (SSSR count). The van der Waals surface area contributed by atoms with E-state index in [1.807, 2.05) is 31.3 Å². The van der Waals surface area contributed by atoms with Gasteiger partial charge in [-0.3, -0.25) is 14.6 Å². The zero-order valence-electron chi connectivity index (χ0n) is 14.0. The Labute approximate surface area is 141 Å². The van der Waals surface area contributed by atoms with Crippen molar-refractivity contribution in [1.82, 2.24) is 19.8 Å². The molecule has 2 amide bonds. The van der Waals surface area contributed by atoms with Crippen molar-refractivity contribution < 1.29 is 9.59 Å². The second-order valence-corrected chi connectivity index (χ2v) is 6.30. The smallest absolute Gasteiger partial charge is 0.272 e. The molecule has 24 heavy (non-hydrogen) atoms. The highest BCUT2D eigenvalue weighted by Gasteiger charge is 2.27. The molecule has 1 aliphatic rings. The molecule has 2 aromatic heterocycles. The number of carbonyl (C=O) groups is 2. The van der Waals surface area contributed by atoms with Gasteiger partial charge in [0.25, 0.3) is 5.91 Å². The Morgan fingerprint density at radius 3 is 2.83 bits per heavy atom. The third-order valence-electron chi connectivity index (χ3n) is 4.38. The van der Waals surface area contributed by atoms with Crippen LogP contribution in [0, 0.1) is 12.8 Å². The van der Waals surface area contributed by atoms with E-state index in [1.165, 1.54) is 0 Å². The first-order valence-electron chi connectivity index (χ1n) is 8.13. The van der Waals surface area contributed by atoms with Crippen molar-refractivity contribution >= 4 is 11.8 Å². The zero-order chi connectivity index (χ0) is 17.1. The minimum absolute atomic E-state index is 0.00327. The summed E-state index contributed by atoms with van der Waals surface area (Å²) in [5.41, 5.74) is 2.54. The normalized spacial score (nSPS) is 17.1. The van der Waals surface area contributed by atoms with Gasteiger partial charge in [-0.15, -0.1) is 0 Å². The van der Waals surface area contributed by atoms with Crippen LogP contribution in [0.2, 0.25) is 0 Å². The topological polar surface area (TPSA) is 67.2 Å². The molecule has 1 aliphatic heterocycles. The van der Waals surface area contributed by atoms with Crippen LogP contribution in [0.25, 0.3) is 0 Å². The summed E-state index contributed by atoms with van der Waals surface area (Å²) in [5.74, 6) is -0.0176. The molecule has 0 saturated carbocycles. The highest BCUT2D eigenvalue weighted by Crippen LogP contribution is 2.21. The molecule has 0 aliphatic carbocycles. The standard InChI is InChI=1S/C18H22N4O2/c1-13-5-6-16(20-9-13)18(24)22-11-14(8-17(23)19-2)10-21-7-3-4-15(21)12-22/h3-7,9,14H,8,10-12H2,1-2H3,(H,19,23)/t14-/m1/s1. The van der Waals surface area contributed by atoms with Gasteiger partial charge in [-0.2, -0.15) is 0 Å². The van der Waals surface area contributed by atoms with E-state index in [9.17, 15) is 9.59 Å². The highest BCUT2D eigenvalue weighted by molar-refractivity contribution is 5.92. The van der Waals surface area contributed by atoms with Gasteiger partial charge in [0.05, 0.1) is 6.54 Å². The van der Waals surface area contributed by atoms with Gasteiger partial charge < -0.3 is 14.8 Å². The van der Waals surface area contributed by atoms with Crippen molar-refractivity contribution in [2.45, 2.75) is 26.4 Å².